The lowest BCUT2D eigenvalue weighted by Gasteiger charge is -2.21. The zero-order valence-electron chi connectivity index (χ0n) is 19.5. The van der Waals surface area contributed by atoms with E-state index in [4.69, 9.17) is 14.8 Å². The number of amides is 2. The van der Waals surface area contributed by atoms with Crippen molar-refractivity contribution >= 4 is 25.7 Å². The first-order chi connectivity index (χ1) is 17.4. The fourth-order valence-corrected chi connectivity index (χ4v) is 3.29. The maximum absolute atomic E-state index is 13.0. The van der Waals surface area contributed by atoms with Crippen LogP contribution in [0.3, 0.4) is 0 Å². The number of carboxylic acid groups (broad SMARTS) is 1. The van der Waals surface area contributed by atoms with Gasteiger partial charge in [0, 0.05) is 12.8 Å². The van der Waals surface area contributed by atoms with Crippen LogP contribution in [0.25, 0.3) is 0 Å². The Morgan fingerprint density at radius 1 is 0.694 bits per heavy atom. The van der Waals surface area contributed by atoms with Gasteiger partial charge in [0.1, 0.15) is 18.7 Å². The predicted molar refractivity (Wildman–Crippen MR) is 134 cm³/mol. The molecule has 0 heterocycles. The van der Waals surface area contributed by atoms with E-state index in [1.807, 2.05) is 66.7 Å². The van der Waals surface area contributed by atoms with Gasteiger partial charge in [-0.25, -0.2) is 9.59 Å². The molecule has 0 fully saturated rings. The summed E-state index contributed by atoms with van der Waals surface area (Å²) in [5.74, 6) is -1.75. The van der Waals surface area contributed by atoms with E-state index in [0.717, 1.165) is 16.7 Å². The van der Waals surface area contributed by atoms with Crippen LogP contribution in [0.4, 0.5) is 4.79 Å². The number of benzene rings is 3. The van der Waals surface area contributed by atoms with E-state index in [-0.39, 0.29) is 27.1 Å². The molecule has 9 nitrogen and oxygen atoms in total. The molecule has 0 saturated heterocycles. The van der Waals surface area contributed by atoms with Crippen molar-refractivity contribution < 1.29 is 34.3 Å². The van der Waals surface area contributed by atoms with E-state index in [1.54, 1.807) is 24.3 Å². The molecule has 0 aromatic heterocycles. The molecule has 0 aliphatic rings. The van der Waals surface area contributed by atoms with Gasteiger partial charge in [0.05, 0.1) is 0 Å². The number of ether oxygens (including phenoxy) is 1. The highest BCUT2D eigenvalue weighted by molar-refractivity contribution is 6.13. The molecule has 0 spiro atoms. The number of alkyl carbamates (subject to hydrolysis) is 1. The average Bonchev–Trinajstić information content (AvgIpc) is 2.89. The van der Waals surface area contributed by atoms with Crippen molar-refractivity contribution in [1.29, 1.82) is 0 Å². The summed E-state index contributed by atoms with van der Waals surface area (Å²) in [5, 5.41) is 28.8. The fourth-order valence-electron chi connectivity index (χ4n) is 3.29. The van der Waals surface area contributed by atoms with Crippen molar-refractivity contribution in [1.82, 2.24) is 10.6 Å². The molecule has 0 saturated carbocycles. The molecule has 5 N–H and O–H groups in total. The standard InChI is InChI=1S/C26H26N2O5.BH2O2/c29-24(27-23(25(30)31)17-20-12-6-2-7-13-20)22(16-19-10-4-1-5-11-19)28-26(32)33-18-21-14-8-3-9-15-21;2-1-3/h1-15,22-23H,16-18H2,(H,27,29)(H,28,32)(H,30,31);2-3H/t22-,23-;/m0./s1. The molecule has 0 unspecified atom stereocenters. The summed E-state index contributed by atoms with van der Waals surface area (Å²) >= 11 is 0. The van der Waals surface area contributed by atoms with Crippen LogP contribution in [0.1, 0.15) is 16.7 Å². The Balaban J connectivity index is 0.00000145. The zero-order chi connectivity index (χ0) is 26.2. The summed E-state index contributed by atoms with van der Waals surface area (Å²) in [6, 6.07) is 25.2. The lowest BCUT2D eigenvalue weighted by molar-refractivity contribution is -0.142. The summed E-state index contributed by atoms with van der Waals surface area (Å²) < 4.78 is 5.25. The predicted octanol–water partition coefficient (Wildman–Crippen LogP) is 1.84. The largest absolute Gasteiger partial charge is 0.482 e. The molecule has 1 radical (unpaired) electrons. The van der Waals surface area contributed by atoms with Crippen LogP contribution in [-0.2, 0) is 33.8 Å². The van der Waals surface area contributed by atoms with Crippen molar-refractivity contribution in [3.05, 3.63) is 108 Å². The number of hydrogen-bond donors (Lipinski definition) is 5. The third-order valence-corrected chi connectivity index (χ3v) is 5.00. The number of carbonyl (C=O) groups excluding carboxylic acids is 2. The molecule has 0 bridgehead atoms. The lowest BCUT2D eigenvalue weighted by atomic mass is 10.0. The minimum atomic E-state index is -1.16. The molecule has 0 aliphatic heterocycles. The minimum absolute atomic E-state index is 0. The second-order valence-corrected chi connectivity index (χ2v) is 7.65. The molecule has 10 heteroatoms. The van der Waals surface area contributed by atoms with Crippen LogP contribution in [0.15, 0.2) is 91.0 Å². The molecule has 2 atom stereocenters. The summed E-state index contributed by atoms with van der Waals surface area (Å²) in [6.45, 7) is 0.0537. The average molecular weight is 491 g/mol. The second kappa shape index (κ2) is 15.7. The molecule has 3 aromatic rings. The number of aliphatic carboxylic acids is 1. The SMILES string of the molecule is O=C(N[C@@H](Cc1ccccc1)C(=O)N[C@@H](Cc1ccccc1)C(=O)O)OCc1ccccc1.O[B]O. The number of rotatable bonds is 10. The minimum Gasteiger partial charge on any atom is -0.480 e. The molecular weight excluding hydrogens is 463 g/mol. The summed E-state index contributed by atoms with van der Waals surface area (Å²) in [5.41, 5.74) is 2.40. The number of nitrogens with one attached hydrogen (secondary N) is 2. The van der Waals surface area contributed by atoms with Crippen LogP contribution in [0, 0.1) is 0 Å². The third kappa shape index (κ3) is 10.4. The first kappa shape index (κ1) is 28.1. The number of carbonyl (C=O) groups is 3. The highest BCUT2D eigenvalue weighted by atomic mass is 16.5. The molecule has 0 aliphatic carbocycles. The normalized spacial score (nSPS) is 11.6. The molecular formula is C26H28BN2O7. The number of carboxylic acids is 1. The van der Waals surface area contributed by atoms with E-state index in [1.165, 1.54) is 0 Å². The van der Waals surface area contributed by atoms with Gasteiger partial charge in [0.15, 0.2) is 0 Å². The summed E-state index contributed by atoms with van der Waals surface area (Å²) in [4.78, 5) is 37.2. The maximum atomic E-state index is 13.0. The zero-order valence-corrected chi connectivity index (χ0v) is 19.5. The van der Waals surface area contributed by atoms with Gasteiger partial charge < -0.3 is 30.5 Å². The first-order valence-electron chi connectivity index (χ1n) is 11.1. The smallest absolute Gasteiger partial charge is 0.480 e. The highest BCUT2D eigenvalue weighted by Gasteiger charge is 2.27. The van der Waals surface area contributed by atoms with Crippen molar-refractivity contribution in [2.45, 2.75) is 31.5 Å². The van der Waals surface area contributed by atoms with Gasteiger partial charge >= 0.3 is 19.7 Å². The molecule has 36 heavy (non-hydrogen) atoms. The Labute approximate surface area is 210 Å². The van der Waals surface area contributed by atoms with Crippen LogP contribution in [-0.4, -0.2) is 52.9 Å². The molecule has 3 aromatic carbocycles. The highest BCUT2D eigenvalue weighted by Crippen LogP contribution is 2.08. The summed E-state index contributed by atoms with van der Waals surface area (Å²) in [6.07, 6.45) is -0.451. The fraction of sp³-hybridized carbons (Fsp3) is 0.192. The van der Waals surface area contributed by atoms with E-state index < -0.39 is 30.1 Å². The van der Waals surface area contributed by atoms with Crippen LogP contribution < -0.4 is 10.6 Å². The van der Waals surface area contributed by atoms with E-state index in [9.17, 15) is 19.5 Å². The Morgan fingerprint density at radius 3 is 1.56 bits per heavy atom. The lowest BCUT2D eigenvalue weighted by Crippen LogP contribution is -2.53. The Bertz CT molecular complexity index is 1070. The number of hydrogen-bond acceptors (Lipinski definition) is 6. The van der Waals surface area contributed by atoms with Gasteiger partial charge in [-0.3, -0.25) is 4.79 Å². The van der Waals surface area contributed by atoms with E-state index in [2.05, 4.69) is 10.6 Å². The summed E-state index contributed by atoms with van der Waals surface area (Å²) in [7, 11) is 0. The van der Waals surface area contributed by atoms with Crippen LogP contribution >= 0.6 is 0 Å². The molecule has 3 rings (SSSR count). The van der Waals surface area contributed by atoms with Gasteiger partial charge in [-0.15, -0.1) is 0 Å². The third-order valence-electron chi connectivity index (χ3n) is 5.00. The van der Waals surface area contributed by atoms with Crippen LogP contribution in [0.5, 0.6) is 0 Å². The Hall–Kier alpha value is -4.15. The molecule has 187 valence electrons. The Kier molecular flexibility index (Phi) is 12.3. The Morgan fingerprint density at radius 2 is 1.11 bits per heavy atom. The first-order valence-corrected chi connectivity index (χ1v) is 11.1. The second-order valence-electron chi connectivity index (χ2n) is 7.65. The van der Waals surface area contributed by atoms with Gasteiger partial charge in [-0.2, -0.15) is 0 Å². The van der Waals surface area contributed by atoms with Gasteiger partial charge in [0.2, 0.25) is 5.91 Å². The molecule has 2 amide bonds. The van der Waals surface area contributed by atoms with E-state index in [0.29, 0.717) is 0 Å². The monoisotopic (exact) mass is 491 g/mol. The quantitative estimate of drug-likeness (QED) is 0.272. The van der Waals surface area contributed by atoms with Gasteiger partial charge in [-0.1, -0.05) is 91.0 Å². The van der Waals surface area contributed by atoms with Crippen molar-refractivity contribution in [2.75, 3.05) is 0 Å². The maximum Gasteiger partial charge on any atom is 0.482 e. The van der Waals surface area contributed by atoms with Crippen LogP contribution in [0.2, 0.25) is 0 Å². The topological polar surface area (TPSA) is 145 Å². The van der Waals surface area contributed by atoms with Crippen molar-refractivity contribution in [3.8, 4) is 0 Å². The van der Waals surface area contributed by atoms with Gasteiger partial charge in [-0.05, 0) is 16.7 Å². The van der Waals surface area contributed by atoms with Gasteiger partial charge in [0.25, 0.3) is 0 Å². The van der Waals surface area contributed by atoms with Crippen molar-refractivity contribution in [3.63, 3.8) is 0 Å². The van der Waals surface area contributed by atoms with Crippen molar-refractivity contribution in [2.24, 2.45) is 0 Å². The van der Waals surface area contributed by atoms with E-state index >= 15 is 0 Å².